The van der Waals surface area contributed by atoms with E-state index in [2.05, 4.69) is 10.6 Å². The second-order valence-electron chi connectivity index (χ2n) is 8.02. The lowest BCUT2D eigenvalue weighted by atomic mass is 9.81. The Balaban J connectivity index is 1.59. The molecule has 3 rings (SSSR count). The van der Waals surface area contributed by atoms with E-state index in [9.17, 15) is 9.59 Å². The monoisotopic (exact) mass is 404 g/mol. The van der Waals surface area contributed by atoms with E-state index >= 15 is 0 Å². The smallest absolute Gasteiger partial charge is 0.255 e. The van der Waals surface area contributed by atoms with E-state index < -0.39 is 0 Å². The van der Waals surface area contributed by atoms with E-state index in [1.54, 1.807) is 42.5 Å². The normalized spacial score (nSPS) is 18.3. The van der Waals surface area contributed by atoms with Gasteiger partial charge in [-0.05, 0) is 86.5 Å². The number of nitriles is 1. The van der Waals surface area contributed by atoms with Crippen LogP contribution in [0.3, 0.4) is 0 Å². The molecule has 6 heteroatoms. The summed E-state index contributed by atoms with van der Waals surface area (Å²) in [5, 5.41) is 14.9. The molecule has 6 nitrogen and oxygen atoms in total. The Kier molecular flexibility index (Phi) is 7.21. The zero-order valence-corrected chi connectivity index (χ0v) is 17.3. The maximum atomic E-state index is 12.6. The number of amides is 2. The van der Waals surface area contributed by atoms with Crippen molar-refractivity contribution in [2.45, 2.75) is 32.6 Å². The average molecular weight is 405 g/mol. The number of aryl methyl sites for hydroxylation is 1. The molecule has 0 radical (unpaired) electrons. The Morgan fingerprint density at radius 3 is 2.60 bits per heavy atom. The van der Waals surface area contributed by atoms with Crippen LogP contribution in [0.2, 0.25) is 0 Å². The number of nitrogens with zero attached hydrogens (tertiary/aromatic N) is 1. The van der Waals surface area contributed by atoms with Gasteiger partial charge in [-0.15, -0.1) is 0 Å². The maximum Gasteiger partial charge on any atom is 0.255 e. The third-order valence-electron chi connectivity index (χ3n) is 5.77. The van der Waals surface area contributed by atoms with Crippen molar-refractivity contribution >= 4 is 17.5 Å². The largest absolute Gasteiger partial charge is 0.352 e. The van der Waals surface area contributed by atoms with Crippen LogP contribution in [0.4, 0.5) is 5.69 Å². The lowest BCUT2D eigenvalue weighted by molar-refractivity contribution is 0.0940. The van der Waals surface area contributed by atoms with Gasteiger partial charge in [0.05, 0.1) is 11.6 Å². The predicted octanol–water partition coefficient (Wildman–Crippen LogP) is 3.61. The fourth-order valence-corrected chi connectivity index (χ4v) is 4.01. The highest BCUT2D eigenvalue weighted by atomic mass is 16.2. The number of hydrogen-bond acceptors (Lipinski definition) is 4. The third-order valence-corrected chi connectivity index (χ3v) is 5.77. The second-order valence-corrected chi connectivity index (χ2v) is 8.02. The summed E-state index contributed by atoms with van der Waals surface area (Å²) in [6, 6.07) is 13.8. The van der Waals surface area contributed by atoms with Gasteiger partial charge < -0.3 is 16.4 Å². The summed E-state index contributed by atoms with van der Waals surface area (Å²) in [7, 11) is 0. The van der Waals surface area contributed by atoms with Crippen LogP contribution in [-0.2, 0) is 0 Å². The molecule has 4 N–H and O–H groups in total. The van der Waals surface area contributed by atoms with Crippen LogP contribution < -0.4 is 16.4 Å². The highest BCUT2D eigenvalue weighted by molar-refractivity contribution is 6.05. The van der Waals surface area contributed by atoms with Gasteiger partial charge in [-0.3, -0.25) is 9.59 Å². The van der Waals surface area contributed by atoms with Gasteiger partial charge in [0.25, 0.3) is 11.8 Å². The zero-order chi connectivity index (χ0) is 21.5. The van der Waals surface area contributed by atoms with Crippen molar-refractivity contribution < 1.29 is 9.59 Å². The minimum atomic E-state index is -0.292. The maximum absolute atomic E-state index is 12.6. The summed E-state index contributed by atoms with van der Waals surface area (Å²) < 4.78 is 0. The van der Waals surface area contributed by atoms with Crippen LogP contribution in [-0.4, -0.2) is 24.9 Å². The molecular weight excluding hydrogens is 376 g/mol. The van der Waals surface area contributed by atoms with Crippen LogP contribution in [0.25, 0.3) is 0 Å². The topological polar surface area (TPSA) is 108 Å². The molecule has 1 aliphatic carbocycles. The molecule has 0 bridgehead atoms. The van der Waals surface area contributed by atoms with Gasteiger partial charge in [0.2, 0.25) is 0 Å². The third kappa shape index (κ3) is 5.46. The van der Waals surface area contributed by atoms with Crippen molar-refractivity contribution in [3.05, 3.63) is 64.7 Å². The van der Waals surface area contributed by atoms with E-state index in [1.165, 1.54) is 12.8 Å². The van der Waals surface area contributed by atoms with Gasteiger partial charge in [-0.25, -0.2) is 0 Å². The fourth-order valence-electron chi connectivity index (χ4n) is 4.01. The molecule has 0 spiro atoms. The number of hydrogen-bond donors (Lipinski definition) is 3. The van der Waals surface area contributed by atoms with E-state index in [0.29, 0.717) is 40.8 Å². The Morgan fingerprint density at radius 2 is 1.87 bits per heavy atom. The van der Waals surface area contributed by atoms with Crippen molar-refractivity contribution in [1.82, 2.24) is 5.32 Å². The minimum absolute atomic E-state index is 0.104. The molecule has 0 aliphatic heterocycles. The van der Waals surface area contributed by atoms with E-state index in [1.807, 2.05) is 13.0 Å². The number of anilines is 1. The molecule has 2 atom stereocenters. The van der Waals surface area contributed by atoms with Crippen molar-refractivity contribution in [2.24, 2.45) is 17.6 Å². The van der Waals surface area contributed by atoms with Crippen LogP contribution in [0.1, 0.15) is 57.5 Å². The number of nitrogens with one attached hydrogen (secondary N) is 2. The van der Waals surface area contributed by atoms with Crippen molar-refractivity contribution in [2.75, 3.05) is 18.4 Å². The molecule has 1 aliphatic rings. The highest BCUT2D eigenvalue weighted by Gasteiger charge is 2.21. The molecule has 2 amide bonds. The fraction of sp³-hybridized carbons (Fsp3) is 0.375. The van der Waals surface area contributed by atoms with E-state index in [0.717, 1.165) is 24.9 Å². The van der Waals surface area contributed by atoms with Gasteiger partial charge >= 0.3 is 0 Å². The summed E-state index contributed by atoms with van der Waals surface area (Å²) in [5.41, 5.74) is 8.65. The molecule has 1 saturated carbocycles. The standard InChI is InChI=1S/C24H28N4O2/c1-16-10-21(23(29)27-15-19-6-2-4-17(11-19)13-25)8-9-22(16)28-24(30)20-7-3-5-18(12-20)14-26/h3,5,7-10,12,17,19H,2,4,6,11,13,15,25H2,1H3,(H,27,29)(H,28,30). The first-order chi connectivity index (χ1) is 14.5. The van der Waals surface area contributed by atoms with Crippen molar-refractivity contribution in [3.63, 3.8) is 0 Å². The molecule has 2 aromatic carbocycles. The minimum Gasteiger partial charge on any atom is -0.352 e. The number of carbonyl (C=O) groups excluding carboxylic acids is 2. The summed E-state index contributed by atoms with van der Waals surface area (Å²) in [6.45, 7) is 3.24. The van der Waals surface area contributed by atoms with Gasteiger partial charge in [0.15, 0.2) is 0 Å². The van der Waals surface area contributed by atoms with Crippen LogP contribution >= 0.6 is 0 Å². The predicted molar refractivity (Wildman–Crippen MR) is 117 cm³/mol. The first-order valence-electron chi connectivity index (χ1n) is 10.4. The molecule has 30 heavy (non-hydrogen) atoms. The van der Waals surface area contributed by atoms with Gasteiger partial charge in [0.1, 0.15) is 0 Å². The molecule has 2 unspecified atom stereocenters. The summed E-state index contributed by atoms with van der Waals surface area (Å²) in [6.07, 6.45) is 4.57. The average Bonchev–Trinajstić information content (AvgIpc) is 2.78. The first-order valence-corrected chi connectivity index (χ1v) is 10.4. The van der Waals surface area contributed by atoms with Crippen LogP contribution in [0.5, 0.6) is 0 Å². The Bertz CT molecular complexity index is 964. The number of rotatable bonds is 6. The lowest BCUT2D eigenvalue weighted by Gasteiger charge is -2.28. The van der Waals surface area contributed by atoms with Crippen molar-refractivity contribution in [1.29, 1.82) is 5.26 Å². The van der Waals surface area contributed by atoms with Gasteiger partial charge in [-0.2, -0.15) is 5.26 Å². The summed E-state index contributed by atoms with van der Waals surface area (Å²) >= 11 is 0. The van der Waals surface area contributed by atoms with Crippen molar-refractivity contribution in [3.8, 4) is 6.07 Å². The van der Waals surface area contributed by atoms with Gasteiger partial charge in [0, 0.05) is 23.4 Å². The number of nitrogens with two attached hydrogens (primary N) is 1. The summed E-state index contributed by atoms with van der Waals surface area (Å²) in [5.74, 6) is 0.659. The van der Waals surface area contributed by atoms with Crippen LogP contribution in [0, 0.1) is 30.1 Å². The second kappa shape index (κ2) is 10.0. The molecule has 1 fully saturated rings. The molecule has 2 aromatic rings. The van der Waals surface area contributed by atoms with E-state index in [-0.39, 0.29) is 11.8 Å². The Hall–Kier alpha value is -3.17. The molecule has 156 valence electrons. The zero-order valence-electron chi connectivity index (χ0n) is 17.3. The number of carbonyl (C=O) groups is 2. The first kappa shape index (κ1) is 21.5. The van der Waals surface area contributed by atoms with E-state index in [4.69, 9.17) is 11.0 Å². The summed E-state index contributed by atoms with van der Waals surface area (Å²) in [4.78, 5) is 25.0. The number of benzene rings is 2. The van der Waals surface area contributed by atoms with Crippen LogP contribution in [0.15, 0.2) is 42.5 Å². The molecule has 0 aromatic heterocycles. The molecule has 0 heterocycles. The quantitative estimate of drug-likeness (QED) is 0.683. The molecular formula is C24H28N4O2. The molecule has 0 saturated heterocycles. The lowest BCUT2D eigenvalue weighted by Crippen LogP contribution is -2.33. The van der Waals surface area contributed by atoms with Gasteiger partial charge in [-0.1, -0.05) is 12.5 Å². The Labute approximate surface area is 177 Å². The Morgan fingerprint density at radius 1 is 1.10 bits per heavy atom. The highest BCUT2D eigenvalue weighted by Crippen LogP contribution is 2.28. The SMILES string of the molecule is Cc1cc(C(=O)NCC2CCCC(CN)C2)ccc1NC(=O)c1cccc(C#N)c1.